The largest absolute Gasteiger partial charge is 0.402 e. The summed E-state index contributed by atoms with van der Waals surface area (Å²) < 4.78 is 13.5. The molecule has 0 saturated carbocycles. The van der Waals surface area contributed by atoms with Crippen molar-refractivity contribution in [3.8, 4) is 0 Å². The first kappa shape index (κ1) is 28.3. The highest BCUT2D eigenvalue weighted by Crippen LogP contribution is 2.45. The van der Waals surface area contributed by atoms with Gasteiger partial charge in [-0.3, -0.25) is 20.1 Å². The van der Waals surface area contributed by atoms with Gasteiger partial charge in [0.15, 0.2) is 28.8 Å². The Morgan fingerprint density at radius 3 is 1.35 bits per heavy atom. The zero-order valence-electron chi connectivity index (χ0n) is 22.3. The molecule has 7 nitrogen and oxygen atoms in total. The average Bonchev–Trinajstić information content (AvgIpc) is 2.71. The first-order valence-corrected chi connectivity index (χ1v) is 17.6. The number of rotatable bonds is 9. The van der Waals surface area contributed by atoms with Gasteiger partial charge in [0.1, 0.15) is 0 Å². The molecule has 0 spiro atoms. The molecule has 34 heavy (non-hydrogen) atoms. The number of hydrogen-bond acceptors (Lipinski definition) is 6. The number of nitro groups is 1. The Bertz CT molecular complexity index is 871. The highest BCUT2D eigenvalue weighted by atomic mass is 28.4. The van der Waals surface area contributed by atoms with Crippen LogP contribution in [0.3, 0.4) is 0 Å². The van der Waals surface area contributed by atoms with E-state index in [-0.39, 0.29) is 15.0 Å². The maximum Gasteiger partial charge on any atom is 0.273 e. The van der Waals surface area contributed by atoms with E-state index in [1.807, 2.05) is 12.1 Å². The second-order valence-corrected chi connectivity index (χ2v) is 21.4. The van der Waals surface area contributed by atoms with Crippen LogP contribution in [0, 0.1) is 10.1 Å². The summed E-state index contributed by atoms with van der Waals surface area (Å²) in [6, 6.07) is 9.67. The quantitative estimate of drug-likeness (QED) is 0.209. The van der Waals surface area contributed by atoms with Crippen LogP contribution in [0.5, 0.6) is 0 Å². The molecule has 0 fully saturated rings. The van der Waals surface area contributed by atoms with Gasteiger partial charge in [0.25, 0.3) is 6.04 Å². The van der Waals surface area contributed by atoms with Gasteiger partial charge in [0, 0.05) is 17.3 Å². The number of pyridine rings is 2. The lowest BCUT2D eigenvalue weighted by molar-refractivity contribution is -0.547. The molecule has 0 unspecified atom stereocenters. The SMILES string of the molecule is CC(C)(C)[Si](C)(C)O[C@H](c1ccccn1)C([C@H](O[Si](C)(C)C(C)(C)C)c1ccccn1)[N+](=O)[O-]. The first-order chi connectivity index (χ1) is 15.5. The summed E-state index contributed by atoms with van der Waals surface area (Å²) in [7, 11) is -4.82. The third-order valence-corrected chi connectivity index (χ3v) is 16.2. The van der Waals surface area contributed by atoms with Gasteiger partial charge in [-0.2, -0.15) is 0 Å². The van der Waals surface area contributed by atoms with Crippen LogP contribution in [0.25, 0.3) is 0 Å². The molecule has 0 bridgehead atoms. The molecular weight excluding hydrogens is 462 g/mol. The van der Waals surface area contributed by atoms with Crippen molar-refractivity contribution in [2.75, 3.05) is 0 Å². The normalized spacial score (nSPS) is 15.3. The molecular formula is C25H41N3O4Si2. The monoisotopic (exact) mass is 503 g/mol. The summed E-state index contributed by atoms with van der Waals surface area (Å²) in [6.07, 6.45) is 1.54. The summed E-state index contributed by atoms with van der Waals surface area (Å²) in [5.74, 6) is 0. The molecule has 2 aromatic rings. The second-order valence-electron chi connectivity index (χ2n) is 11.9. The summed E-state index contributed by atoms with van der Waals surface area (Å²) in [6.45, 7) is 21.1. The van der Waals surface area contributed by atoms with Crippen LogP contribution >= 0.6 is 0 Å². The summed E-state index contributed by atoms with van der Waals surface area (Å²) >= 11 is 0. The Hall–Kier alpha value is -1.95. The van der Waals surface area contributed by atoms with Crippen molar-refractivity contribution in [1.82, 2.24) is 9.97 Å². The second kappa shape index (κ2) is 10.4. The van der Waals surface area contributed by atoms with Crippen LogP contribution < -0.4 is 0 Å². The van der Waals surface area contributed by atoms with E-state index in [0.717, 1.165) is 0 Å². The smallest absolute Gasteiger partial charge is 0.273 e. The lowest BCUT2D eigenvalue weighted by Crippen LogP contribution is -2.50. The maximum absolute atomic E-state index is 12.8. The zero-order chi connectivity index (χ0) is 25.9. The minimum absolute atomic E-state index is 0.137. The van der Waals surface area contributed by atoms with Crippen molar-refractivity contribution in [3.05, 3.63) is 70.3 Å². The standard InChI is InChI=1S/C25H41N3O4Si2/c1-24(2,3)33(7,8)31-22(19-15-11-13-17-26-19)21(28(29)30)23(20-16-12-14-18-27-20)32-34(9,10)25(4,5)6/h11-18,21-23H,1-10H3/t22-,23-/m1/s1. The fourth-order valence-electron chi connectivity index (χ4n) is 3.07. The van der Waals surface area contributed by atoms with E-state index in [9.17, 15) is 10.1 Å². The Balaban J connectivity index is 2.71. The van der Waals surface area contributed by atoms with E-state index in [0.29, 0.717) is 11.4 Å². The summed E-state index contributed by atoms with van der Waals surface area (Å²) in [5.41, 5.74) is 1.07. The van der Waals surface area contributed by atoms with Crippen molar-refractivity contribution in [2.24, 2.45) is 0 Å². The van der Waals surface area contributed by atoms with Crippen molar-refractivity contribution >= 4 is 16.6 Å². The topological polar surface area (TPSA) is 87.4 Å². The summed E-state index contributed by atoms with van der Waals surface area (Å²) in [5, 5.41) is 12.5. The molecule has 0 amide bonds. The highest BCUT2D eigenvalue weighted by molar-refractivity contribution is 6.74. The molecule has 188 valence electrons. The van der Waals surface area contributed by atoms with Crippen molar-refractivity contribution in [3.63, 3.8) is 0 Å². The van der Waals surface area contributed by atoms with Crippen molar-refractivity contribution < 1.29 is 13.8 Å². The number of hydrogen-bond donors (Lipinski definition) is 0. The van der Waals surface area contributed by atoms with Crippen molar-refractivity contribution in [2.45, 2.75) is 96.1 Å². The predicted molar refractivity (Wildman–Crippen MR) is 141 cm³/mol. The van der Waals surface area contributed by atoms with Gasteiger partial charge in [0.2, 0.25) is 0 Å². The van der Waals surface area contributed by atoms with Gasteiger partial charge in [0.05, 0.1) is 11.4 Å². The van der Waals surface area contributed by atoms with Crippen LogP contribution in [0.4, 0.5) is 0 Å². The predicted octanol–water partition coefficient (Wildman–Crippen LogP) is 6.95. The van der Waals surface area contributed by atoms with Crippen LogP contribution in [0.15, 0.2) is 48.8 Å². The lowest BCUT2D eigenvalue weighted by Gasteiger charge is -2.43. The Kier molecular flexibility index (Phi) is 8.61. The van der Waals surface area contributed by atoms with E-state index in [4.69, 9.17) is 8.85 Å². The Labute approximate surface area is 206 Å². The minimum Gasteiger partial charge on any atom is -0.402 e. The number of aromatic nitrogens is 2. The van der Waals surface area contributed by atoms with E-state index in [1.54, 1.807) is 36.7 Å². The molecule has 0 N–H and O–H groups in total. The molecule has 0 radical (unpaired) electrons. The Morgan fingerprint density at radius 1 is 0.765 bits per heavy atom. The highest BCUT2D eigenvalue weighted by Gasteiger charge is 2.52. The van der Waals surface area contributed by atoms with Gasteiger partial charge < -0.3 is 8.85 Å². The minimum atomic E-state index is -2.41. The molecule has 2 aromatic heterocycles. The first-order valence-electron chi connectivity index (χ1n) is 11.8. The lowest BCUT2D eigenvalue weighted by atomic mass is 9.99. The third-order valence-electron chi connectivity index (χ3n) is 7.28. The fourth-order valence-corrected chi connectivity index (χ4v) is 5.56. The average molecular weight is 504 g/mol. The third kappa shape index (κ3) is 6.59. The molecule has 0 aliphatic rings. The molecule has 2 rings (SSSR count). The number of nitrogens with zero attached hydrogens (tertiary/aromatic N) is 3. The zero-order valence-corrected chi connectivity index (χ0v) is 24.3. The molecule has 0 aliphatic carbocycles. The van der Waals surface area contributed by atoms with Crippen molar-refractivity contribution in [1.29, 1.82) is 0 Å². The van der Waals surface area contributed by atoms with Gasteiger partial charge >= 0.3 is 0 Å². The van der Waals surface area contributed by atoms with Crippen LogP contribution in [-0.2, 0) is 8.85 Å². The van der Waals surface area contributed by atoms with Gasteiger partial charge in [-0.05, 0) is 60.5 Å². The van der Waals surface area contributed by atoms with Crippen LogP contribution in [0.2, 0.25) is 36.3 Å². The van der Waals surface area contributed by atoms with E-state index in [2.05, 4.69) is 77.7 Å². The van der Waals surface area contributed by atoms with Gasteiger partial charge in [-0.15, -0.1) is 0 Å². The molecule has 0 aromatic carbocycles. The maximum atomic E-state index is 12.8. The molecule has 0 aliphatic heterocycles. The van der Waals surface area contributed by atoms with Crippen LogP contribution in [0.1, 0.15) is 65.1 Å². The molecule has 9 heteroatoms. The van der Waals surface area contributed by atoms with E-state index < -0.39 is 34.9 Å². The molecule has 2 heterocycles. The van der Waals surface area contributed by atoms with Gasteiger partial charge in [-0.25, -0.2) is 0 Å². The van der Waals surface area contributed by atoms with Gasteiger partial charge in [-0.1, -0.05) is 53.7 Å². The fraction of sp³-hybridized carbons (Fsp3) is 0.600. The van der Waals surface area contributed by atoms with E-state index in [1.165, 1.54) is 0 Å². The van der Waals surface area contributed by atoms with E-state index >= 15 is 0 Å². The van der Waals surface area contributed by atoms with Crippen LogP contribution in [-0.4, -0.2) is 37.6 Å². The molecule has 0 saturated heterocycles. The summed E-state index contributed by atoms with van der Waals surface area (Å²) in [4.78, 5) is 21.6. The Morgan fingerprint density at radius 2 is 1.12 bits per heavy atom. The molecule has 2 atom stereocenters.